The zero-order chi connectivity index (χ0) is 14.1. The first-order valence-corrected chi connectivity index (χ1v) is 6.71. The largest absolute Gasteiger partial charge is 0.508 e. The van der Waals surface area contributed by atoms with Crippen LogP contribution in [0.4, 0.5) is 0 Å². The number of hydrogen-bond donors (Lipinski definition) is 1. The van der Waals surface area contributed by atoms with E-state index in [-0.39, 0.29) is 17.5 Å². The summed E-state index contributed by atoms with van der Waals surface area (Å²) in [6.45, 7) is 5.13. The van der Waals surface area contributed by atoms with Gasteiger partial charge in [0.25, 0.3) is 0 Å². The molecular weight excluding hydrogens is 258 g/mol. The minimum atomic E-state index is -0.389. The molecule has 1 atom stereocenters. The van der Waals surface area contributed by atoms with Gasteiger partial charge in [-0.25, -0.2) is 4.79 Å². The number of fused-ring (bicyclic) bond motifs is 1. The van der Waals surface area contributed by atoms with Crippen LogP contribution in [0.25, 0.3) is 11.0 Å². The molecule has 1 unspecified atom stereocenters. The maximum atomic E-state index is 11.6. The highest BCUT2D eigenvalue weighted by atomic mass is 16.5. The fourth-order valence-corrected chi connectivity index (χ4v) is 2.62. The Hall–Kier alpha value is -1.85. The Kier molecular flexibility index (Phi) is 3.46. The standard InChI is InChI=1S/C15H17NO4/c1-10-8-16(4-5-19-10)9-11-6-15(18)20-14-7-12(17)2-3-13(11)14/h2-3,6-7,10,17H,4-5,8-9H2,1H3. The Morgan fingerprint density at radius 3 is 3.05 bits per heavy atom. The monoisotopic (exact) mass is 275 g/mol. The summed E-state index contributed by atoms with van der Waals surface area (Å²) in [5, 5.41) is 10.3. The van der Waals surface area contributed by atoms with Crippen LogP contribution in [0.5, 0.6) is 5.75 Å². The van der Waals surface area contributed by atoms with Gasteiger partial charge in [-0.15, -0.1) is 0 Å². The number of phenols is 1. The molecule has 5 heteroatoms. The molecule has 0 bridgehead atoms. The van der Waals surface area contributed by atoms with Crippen molar-refractivity contribution in [2.75, 3.05) is 19.7 Å². The third kappa shape index (κ3) is 2.69. The van der Waals surface area contributed by atoms with E-state index >= 15 is 0 Å². The van der Waals surface area contributed by atoms with E-state index in [1.807, 2.05) is 6.92 Å². The second kappa shape index (κ2) is 5.26. The van der Waals surface area contributed by atoms with Crippen LogP contribution in [0.15, 0.2) is 33.5 Å². The van der Waals surface area contributed by atoms with Gasteiger partial charge >= 0.3 is 5.63 Å². The van der Waals surface area contributed by atoms with Gasteiger partial charge in [-0.2, -0.15) is 0 Å². The van der Waals surface area contributed by atoms with Crippen molar-refractivity contribution in [3.63, 3.8) is 0 Å². The fraction of sp³-hybridized carbons (Fsp3) is 0.400. The van der Waals surface area contributed by atoms with E-state index in [1.165, 1.54) is 12.1 Å². The Morgan fingerprint density at radius 1 is 1.40 bits per heavy atom. The molecule has 3 rings (SSSR count). The summed E-state index contributed by atoms with van der Waals surface area (Å²) in [5.74, 6) is 0.0952. The number of aromatic hydroxyl groups is 1. The van der Waals surface area contributed by atoms with Crippen molar-refractivity contribution in [1.29, 1.82) is 0 Å². The molecule has 1 aliphatic rings. The van der Waals surface area contributed by atoms with Gasteiger partial charge in [-0.3, -0.25) is 4.90 Å². The number of benzene rings is 1. The molecule has 0 aliphatic carbocycles. The van der Waals surface area contributed by atoms with E-state index in [0.717, 1.165) is 24.0 Å². The molecule has 1 aromatic heterocycles. The summed E-state index contributed by atoms with van der Waals surface area (Å²) in [6.07, 6.45) is 0.208. The highest BCUT2D eigenvalue weighted by Crippen LogP contribution is 2.23. The van der Waals surface area contributed by atoms with Crippen LogP contribution in [-0.2, 0) is 11.3 Å². The van der Waals surface area contributed by atoms with E-state index in [4.69, 9.17) is 9.15 Å². The van der Waals surface area contributed by atoms with Crippen molar-refractivity contribution in [3.8, 4) is 5.75 Å². The molecule has 1 aliphatic heterocycles. The third-order valence-electron chi connectivity index (χ3n) is 3.53. The smallest absolute Gasteiger partial charge is 0.336 e. The van der Waals surface area contributed by atoms with E-state index < -0.39 is 0 Å². The first kappa shape index (κ1) is 13.1. The summed E-state index contributed by atoms with van der Waals surface area (Å²) < 4.78 is 10.7. The molecule has 106 valence electrons. The zero-order valence-electron chi connectivity index (χ0n) is 11.3. The average Bonchev–Trinajstić information content (AvgIpc) is 2.37. The highest BCUT2D eigenvalue weighted by molar-refractivity contribution is 5.81. The zero-order valence-corrected chi connectivity index (χ0v) is 11.3. The maximum absolute atomic E-state index is 11.6. The number of hydrogen-bond acceptors (Lipinski definition) is 5. The van der Waals surface area contributed by atoms with E-state index in [2.05, 4.69) is 4.90 Å². The van der Waals surface area contributed by atoms with Crippen LogP contribution < -0.4 is 5.63 Å². The Balaban J connectivity index is 1.96. The summed E-state index contributed by atoms with van der Waals surface area (Å²) in [4.78, 5) is 13.9. The van der Waals surface area contributed by atoms with Crippen molar-refractivity contribution >= 4 is 11.0 Å². The molecule has 5 nitrogen and oxygen atoms in total. The molecule has 20 heavy (non-hydrogen) atoms. The van der Waals surface area contributed by atoms with E-state index in [1.54, 1.807) is 12.1 Å². The number of nitrogens with zero attached hydrogens (tertiary/aromatic N) is 1. The Morgan fingerprint density at radius 2 is 2.25 bits per heavy atom. The summed E-state index contributed by atoms with van der Waals surface area (Å²) >= 11 is 0. The molecule has 1 N–H and O–H groups in total. The second-order valence-electron chi connectivity index (χ2n) is 5.19. The van der Waals surface area contributed by atoms with E-state index in [0.29, 0.717) is 18.7 Å². The lowest BCUT2D eigenvalue weighted by atomic mass is 10.1. The minimum absolute atomic E-state index is 0.0952. The maximum Gasteiger partial charge on any atom is 0.336 e. The summed E-state index contributed by atoms with van der Waals surface area (Å²) in [5.41, 5.74) is 0.957. The van der Waals surface area contributed by atoms with Crippen LogP contribution in [0.2, 0.25) is 0 Å². The van der Waals surface area contributed by atoms with Gasteiger partial charge in [-0.1, -0.05) is 0 Å². The molecule has 1 fully saturated rings. The Bertz CT molecular complexity index is 679. The summed E-state index contributed by atoms with van der Waals surface area (Å²) in [6, 6.07) is 6.39. The van der Waals surface area contributed by atoms with Gasteiger partial charge in [0.05, 0.1) is 12.7 Å². The van der Waals surface area contributed by atoms with E-state index in [9.17, 15) is 9.90 Å². The summed E-state index contributed by atoms with van der Waals surface area (Å²) in [7, 11) is 0. The van der Waals surface area contributed by atoms with Crippen LogP contribution in [-0.4, -0.2) is 35.8 Å². The number of phenolic OH excluding ortho intramolecular Hbond substituents is 1. The van der Waals surface area contributed by atoms with Gasteiger partial charge in [-0.05, 0) is 24.6 Å². The third-order valence-corrected chi connectivity index (χ3v) is 3.53. The van der Waals surface area contributed by atoms with Gasteiger partial charge in [0.2, 0.25) is 0 Å². The molecule has 1 saturated heterocycles. The van der Waals surface area contributed by atoms with Crippen LogP contribution in [0, 0.1) is 0 Å². The normalized spacial score (nSPS) is 20.4. The molecule has 2 heterocycles. The molecule has 0 saturated carbocycles. The molecule has 0 spiro atoms. The number of morpholine rings is 1. The molecule has 1 aromatic carbocycles. The number of ether oxygens (including phenoxy) is 1. The molecule has 0 radical (unpaired) electrons. The second-order valence-corrected chi connectivity index (χ2v) is 5.19. The van der Waals surface area contributed by atoms with Crippen molar-refractivity contribution < 1.29 is 14.3 Å². The minimum Gasteiger partial charge on any atom is -0.508 e. The lowest BCUT2D eigenvalue weighted by Crippen LogP contribution is -2.40. The van der Waals surface area contributed by atoms with Gasteiger partial charge in [0.1, 0.15) is 11.3 Å². The quantitative estimate of drug-likeness (QED) is 0.845. The topological polar surface area (TPSA) is 62.9 Å². The number of rotatable bonds is 2. The van der Waals surface area contributed by atoms with Crippen molar-refractivity contribution in [2.24, 2.45) is 0 Å². The first-order chi connectivity index (χ1) is 9.61. The lowest BCUT2D eigenvalue weighted by Gasteiger charge is -2.31. The highest BCUT2D eigenvalue weighted by Gasteiger charge is 2.18. The van der Waals surface area contributed by atoms with Gasteiger partial charge < -0.3 is 14.3 Å². The molecule has 0 amide bonds. The van der Waals surface area contributed by atoms with Gasteiger partial charge in [0.15, 0.2) is 0 Å². The average molecular weight is 275 g/mol. The van der Waals surface area contributed by atoms with Crippen molar-refractivity contribution in [1.82, 2.24) is 4.90 Å². The van der Waals surface area contributed by atoms with Crippen molar-refractivity contribution in [2.45, 2.75) is 19.6 Å². The van der Waals surface area contributed by atoms with Gasteiger partial charge in [0, 0.05) is 37.2 Å². The predicted octanol–water partition coefficient (Wildman–Crippen LogP) is 1.72. The lowest BCUT2D eigenvalue weighted by molar-refractivity contribution is -0.0211. The first-order valence-electron chi connectivity index (χ1n) is 6.71. The SMILES string of the molecule is CC1CN(Cc2cc(=O)oc3cc(O)ccc23)CCO1. The fourth-order valence-electron chi connectivity index (χ4n) is 2.62. The molecule has 2 aromatic rings. The van der Waals surface area contributed by atoms with Crippen LogP contribution in [0.3, 0.4) is 0 Å². The molecular formula is C15H17NO4. The van der Waals surface area contributed by atoms with Crippen molar-refractivity contribution in [3.05, 3.63) is 40.2 Å². The van der Waals surface area contributed by atoms with Crippen LogP contribution >= 0.6 is 0 Å². The Labute approximate surface area is 116 Å². The predicted molar refractivity (Wildman–Crippen MR) is 74.8 cm³/mol. The van der Waals surface area contributed by atoms with Crippen LogP contribution in [0.1, 0.15) is 12.5 Å².